The van der Waals surface area contributed by atoms with Gasteiger partial charge in [0, 0.05) is 16.6 Å². The van der Waals surface area contributed by atoms with Crippen molar-refractivity contribution in [1.82, 2.24) is 14.8 Å². The van der Waals surface area contributed by atoms with Gasteiger partial charge in [-0.1, -0.05) is 47.6 Å². The Balaban J connectivity index is 1.45. The highest BCUT2D eigenvalue weighted by Gasteiger charge is 2.30. The van der Waals surface area contributed by atoms with Crippen molar-refractivity contribution in [3.05, 3.63) is 64.9 Å². The molecule has 7 heteroatoms. The van der Waals surface area contributed by atoms with Crippen LogP contribution in [-0.4, -0.2) is 26.4 Å². The lowest BCUT2D eigenvalue weighted by atomic mass is 10.2. The summed E-state index contributed by atoms with van der Waals surface area (Å²) in [6.45, 7) is 1.89. The molecule has 4 rings (SSSR count). The number of hydrogen-bond donors (Lipinski definition) is 1. The number of thioether (sulfide) groups is 1. The van der Waals surface area contributed by atoms with Crippen LogP contribution in [0.5, 0.6) is 0 Å². The van der Waals surface area contributed by atoms with Gasteiger partial charge in [-0.05, 0) is 49.6 Å². The molecule has 2 aromatic carbocycles. The highest BCUT2D eigenvalue weighted by molar-refractivity contribution is 7.99. The Kier molecular flexibility index (Phi) is 5.18. The molecular formula is C20H19ClN4OS. The van der Waals surface area contributed by atoms with Gasteiger partial charge in [0.1, 0.15) is 5.82 Å². The number of nitrogens with zero attached hydrogens (tertiary/aromatic N) is 3. The number of halogens is 1. The van der Waals surface area contributed by atoms with Gasteiger partial charge in [-0.3, -0.25) is 4.79 Å². The number of amides is 1. The van der Waals surface area contributed by atoms with Crippen molar-refractivity contribution in [2.24, 2.45) is 0 Å². The quantitative estimate of drug-likeness (QED) is 0.603. The van der Waals surface area contributed by atoms with Gasteiger partial charge in [-0.15, -0.1) is 5.10 Å². The van der Waals surface area contributed by atoms with Crippen molar-refractivity contribution in [2.75, 3.05) is 11.1 Å². The zero-order valence-corrected chi connectivity index (χ0v) is 16.4. The second-order valence-corrected chi connectivity index (χ2v) is 7.87. The number of aromatic nitrogens is 3. The van der Waals surface area contributed by atoms with Gasteiger partial charge in [0.15, 0.2) is 0 Å². The third kappa shape index (κ3) is 4.17. The number of hydrogen-bond acceptors (Lipinski definition) is 4. The molecule has 138 valence electrons. The molecule has 0 saturated heterocycles. The molecule has 0 spiro atoms. The Labute approximate surface area is 167 Å². The van der Waals surface area contributed by atoms with Crippen LogP contribution in [0.25, 0.3) is 5.69 Å². The monoisotopic (exact) mass is 398 g/mol. The summed E-state index contributed by atoms with van der Waals surface area (Å²) in [4.78, 5) is 17.0. The molecule has 1 heterocycles. The second kappa shape index (κ2) is 7.74. The van der Waals surface area contributed by atoms with Crippen molar-refractivity contribution in [1.29, 1.82) is 0 Å². The zero-order chi connectivity index (χ0) is 18.8. The topological polar surface area (TPSA) is 59.8 Å². The van der Waals surface area contributed by atoms with Crippen LogP contribution in [0.3, 0.4) is 0 Å². The minimum absolute atomic E-state index is 0.102. The molecule has 27 heavy (non-hydrogen) atoms. The van der Waals surface area contributed by atoms with Gasteiger partial charge in [0.25, 0.3) is 0 Å². The number of benzene rings is 2. The van der Waals surface area contributed by atoms with Gasteiger partial charge in [0.2, 0.25) is 11.1 Å². The van der Waals surface area contributed by atoms with E-state index in [1.165, 1.54) is 11.8 Å². The van der Waals surface area contributed by atoms with E-state index in [9.17, 15) is 4.79 Å². The lowest BCUT2D eigenvalue weighted by molar-refractivity contribution is -0.113. The van der Waals surface area contributed by atoms with Crippen molar-refractivity contribution in [2.45, 2.75) is 30.8 Å². The van der Waals surface area contributed by atoms with Gasteiger partial charge in [-0.2, -0.15) is 0 Å². The van der Waals surface area contributed by atoms with Crippen molar-refractivity contribution in [3.8, 4) is 5.69 Å². The van der Waals surface area contributed by atoms with Crippen LogP contribution in [0.2, 0.25) is 5.02 Å². The maximum absolute atomic E-state index is 12.3. The minimum atomic E-state index is -0.102. The zero-order valence-electron chi connectivity index (χ0n) is 14.9. The number of rotatable bonds is 6. The van der Waals surface area contributed by atoms with Crippen molar-refractivity contribution < 1.29 is 4.79 Å². The summed E-state index contributed by atoms with van der Waals surface area (Å²) < 4.78 is 1.90. The van der Waals surface area contributed by atoms with Crippen molar-refractivity contribution in [3.63, 3.8) is 0 Å². The van der Waals surface area contributed by atoms with E-state index in [1.807, 2.05) is 54.1 Å². The molecule has 1 aliphatic carbocycles. The van der Waals surface area contributed by atoms with Gasteiger partial charge in [0.05, 0.1) is 11.4 Å². The highest BCUT2D eigenvalue weighted by Crippen LogP contribution is 2.40. The Morgan fingerprint density at radius 1 is 1.22 bits per heavy atom. The summed E-state index contributed by atoms with van der Waals surface area (Å²) in [7, 11) is 0. The molecule has 1 fully saturated rings. The fraction of sp³-hybridized carbons (Fsp3) is 0.250. The first-order valence-electron chi connectivity index (χ1n) is 8.82. The standard InChI is InChI=1S/C20H19ClN4OS/c1-13-16(21)8-5-9-17(13)22-18(26)12-27-20-23-19(14-10-11-14)25(24-20)15-6-3-2-4-7-15/h2-9,14H,10-12H2,1H3,(H,22,26). The summed E-state index contributed by atoms with van der Waals surface area (Å²) in [6.07, 6.45) is 2.29. The van der Waals surface area contributed by atoms with Crippen LogP contribution in [-0.2, 0) is 4.79 Å². The number of carbonyl (C=O) groups excluding carboxylic acids is 1. The van der Waals surface area contributed by atoms with E-state index in [1.54, 1.807) is 6.07 Å². The molecule has 0 atom stereocenters. The molecule has 1 amide bonds. The van der Waals surface area contributed by atoms with E-state index in [0.29, 0.717) is 16.1 Å². The van der Waals surface area contributed by atoms with Crippen LogP contribution in [0.4, 0.5) is 5.69 Å². The summed E-state index contributed by atoms with van der Waals surface area (Å²) in [5.74, 6) is 1.59. The van der Waals surface area contributed by atoms with Gasteiger partial charge < -0.3 is 5.32 Å². The fourth-order valence-corrected chi connectivity index (χ4v) is 3.59. The van der Waals surface area contributed by atoms with Crippen LogP contribution in [0.15, 0.2) is 53.7 Å². The minimum Gasteiger partial charge on any atom is -0.325 e. The second-order valence-electron chi connectivity index (χ2n) is 6.52. The maximum Gasteiger partial charge on any atom is 0.234 e. The molecule has 5 nitrogen and oxygen atoms in total. The predicted octanol–water partition coefficient (Wildman–Crippen LogP) is 4.84. The first-order valence-corrected chi connectivity index (χ1v) is 10.2. The summed E-state index contributed by atoms with van der Waals surface area (Å²) in [6, 6.07) is 15.5. The molecule has 1 aliphatic rings. The third-order valence-corrected chi connectivity index (χ3v) is 5.68. The first kappa shape index (κ1) is 18.1. The SMILES string of the molecule is Cc1c(Cl)cccc1NC(=O)CSc1nc(C2CC2)n(-c2ccccc2)n1. The van der Waals surface area contributed by atoms with Gasteiger partial charge >= 0.3 is 0 Å². The van der Waals surface area contributed by atoms with E-state index in [-0.39, 0.29) is 11.7 Å². The van der Waals surface area contributed by atoms with Gasteiger partial charge in [-0.25, -0.2) is 9.67 Å². The molecule has 0 bridgehead atoms. The Morgan fingerprint density at radius 3 is 2.74 bits per heavy atom. The highest BCUT2D eigenvalue weighted by atomic mass is 35.5. The van der Waals surface area contributed by atoms with Crippen LogP contribution in [0.1, 0.15) is 30.1 Å². The molecular weight excluding hydrogens is 380 g/mol. The maximum atomic E-state index is 12.3. The Hall–Kier alpha value is -2.31. The molecule has 0 unspecified atom stereocenters. The Morgan fingerprint density at radius 2 is 2.00 bits per heavy atom. The summed E-state index contributed by atoms with van der Waals surface area (Å²) in [5.41, 5.74) is 2.59. The average Bonchev–Trinajstić information content (AvgIpc) is 3.44. The van der Waals surface area contributed by atoms with E-state index in [0.717, 1.165) is 35.6 Å². The fourth-order valence-electron chi connectivity index (χ4n) is 2.79. The lowest BCUT2D eigenvalue weighted by Crippen LogP contribution is -2.15. The summed E-state index contributed by atoms with van der Waals surface area (Å²) in [5, 5.41) is 8.78. The average molecular weight is 399 g/mol. The normalized spacial score (nSPS) is 13.6. The van der Waals surface area contributed by atoms with E-state index in [2.05, 4.69) is 15.4 Å². The molecule has 0 aliphatic heterocycles. The molecule has 1 aromatic heterocycles. The lowest BCUT2D eigenvalue weighted by Gasteiger charge is -2.08. The number of nitrogens with one attached hydrogen (secondary N) is 1. The first-order chi connectivity index (χ1) is 13.1. The van der Waals surface area contributed by atoms with Crippen LogP contribution >= 0.6 is 23.4 Å². The molecule has 0 radical (unpaired) electrons. The smallest absolute Gasteiger partial charge is 0.234 e. The summed E-state index contributed by atoms with van der Waals surface area (Å²) >= 11 is 7.45. The van der Waals surface area contributed by atoms with Crippen LogP contribution in [0, 0.1) is 6.92 Å². The molecule has 1 N–H and O–H groups in total. The largest absolute Gasteiger partial charge is 0.325 e. The van der Waals surface area contributed by atoms with E-state index in [4.69, 9.17) is 11.6 Å². The third-order valence-electron chi connectivity index (χ3n) is 4.43. The van der Waals surface area contributed by atoms with Crippen molar-refractivity contribution >= 4 is 35.0 Å². The molecule has 1 saturated carbocycles. The number of carbonyl (C=O) groups is 1. The Bertz CT molecular complexity index is 969. The number of para-hydroxylation sites is 1. The predicted molar refractivity (Wildman–Crippen MR) is 109 cm³/mol. The number of anilines is 1. The van der Waals surface area contributed by atoms with E-state index >= 15 is 0 Å². The van der Waals surface area contributed by atoms with Crippen LogP contribution < -0.4 is 5.32 Å². The van der Waals surface area contributed by atoms with E-state index < -0.39 is 0 Å². The molecule has 3 aromatic rings.